The van der Waals surface area contributed by atoms with Crippen LogP contribution in [0.1, 0.15) is 29.9 Å². The van der Waals surface area contributed by atoms with Gasteiger partial charge in [-0.3, -0.25) is 4.79 Å². The summed E-state index contributed by atoms with van der Waals surface area (Å²) in [5.41, 5.74) is 1.80. The predicted octanol–water partition coefficient (Wildman–Crippen LogP) is 1.26. The van der Waals surface area contributed by atoms with Crippen molar-refractivity contribution in [2.24, 2.45) is 0 Å². The van der Waals surface area contributed by atoms with Gasteiger partial charge in [-0.25, -0.2) is 0 Å². The van der Waals surface area contributed by atoms with Crippen LogP contribution in [0.25, 0.3) is 0 Å². The number of ether oxygens (including phenoxy) is 1. The molecule has 140 valence electrons. The minimum atomic E-state index is -0.440. The first-order valence-corrected chi connectivity index (χ1v) is 9.15. The maximum atomic E-state index is 13.0. The van der Waals surface area contributed by atoms with Crippen LogP contribution in [-0.4, -0.2) is 43.7 Å². The lowest BCUT2D eigenvalue weighted by molar-refractivity contribution is -0.896. The van der Waals surface area contributed by atoms with Gasteiger partial charge in [0.15, 0.2) is 0 Å². The van der Waals surface area contributed by atoms with Crippen molar-refractivity contribution in [2.45, 2.75) is 24.9 Å². The summed E-state index contributed by atoms with van der Waals surface area (Å²) < 4.78 is 6.89. The molecule has 0 N–H and O–H groups in total. The summed E-state index contributed by atoms with van der Waals surface area (Å²) in [7, 11) is 4.44. The number of hydrogen-bond donors (Lipinski definition) is 0. The summed E-state index contributed by atoms with van der Waals surface area (Å²) in [5, 5.41) is 0.628. The Hall–Kier alpha value is -1.11. The van der Waals surface area contributed by atoms with Gasteiger partial charge in [-0.1, -0.05) is 54.1 Å². The van der Waals surface area contributed by atoms with Gasteiger partial charge in [-0.2, -0.15) is 0 Å². The Bertz CT molecular complexity index is 726. The van der Waals surface area contributed by atoms with E-state index < -0.39 is 5.92 Å². The molecule has 0 aromatic heterocycles. The van der Waals surface area contributed by atoms with Gasteiger partial charge in [0.1, 0.15) is 12.0 Å². The van der Waals surface area contributed by atoms with Crippen molar-refractivity contribution in [3.8, 4) is 0 Å². The SMILES string of the molecule is C[N+]1(C)CCC(OC(=O)C(c2ccccc2)c2cccc(Cl)c2)CC1.[I-]. The third-order valence-electron chi connectivity index (χ3n) is 4.95. The van der Waals surface area contributed by atoms with E-state index >= 15 is 0 Å². The van der Waals surface area contributed by atoms with Crippen molar-refractivity contribution in [3.05, 3.63) is 70.7 Å². The van der Waals surface area contributed by atoms with Crippen LogP contribution in [0.3, 0.4) is 0 Å². The van der Waals surface area contributed by atoms with E-state index in [0.717, 1.165) is 41.5 Å². The van der Waals surface area contributed by atoms with E-state index in [9.17, 15) is 4.79 Å². The van der Waals surface area contributed by atoms with E-state index in [0.29, 0.717) is 5.02 Å². The number of esters is 1. The molecule has 5 heteroatoms. The van der Waals surface area contributed by atoms with Crippen molar-refractivity contribution in [3.63, 3.8) is 0 Å². The van der Waals surface area contributed by atoms with Crippen LogP contribution in [0.15, 0.2) is 54.6 Å². The zero-order chi connectivity index (χ0) is 17.9. The quantitative estimate of drug-likeness (QED) is 0.370. The average molecular weight is 486 g/mol. The second kappa shape index (κ2) is 9.20. The van der Waals surface area contributed by atoms with E-state index in [1.54, 1.807) is 0 Å². The van der Waals surface area contributed by atoms with Crippen molar-refractivity contribution in [2.75, 3.05) is 27.2 Å². The average Bonchev–Trinajstić information content (AvgIpc) is 2.58. The molecule has 1 unspecified atom stereocenters. The lowest BCUT2D eigenvalue weighted by Gasteiger charge is -2.37. The fourth-order valence-corrected chi connectivity index (χ4v) is 3.59. The summed E-state index contributed by atoms with van der Waals surface area (Å²) in [5.74, 6) is -0.630. The number of benzene rings is 2. The second-order valence-electron chi connectivity index (χ2n) is 7.42. The lowest BCUT2D eigenvalue weighted by atomic mass is 9.91. The molecule has 0 amide bonds. The monoisotopic (exact) mass is 485 g/mol. The molecule has 3 rings (SSSR count). The molecule has 1 aliphatic rings. The largest absolute Gasteiger partial charge is 1.00 e. The van der Waals surface area contributed by atoms with Crippen LogP contribution >= 0.6 is 11.6 Å². The van der Waals surface area contributed by atoms with Crippen LogP contribution in [0.4, 0.5) is 0 Å². The molecule has 1 saturated heterocycles. The van der Waals surface area contributed by atoms with Crippen molar-refractivity contribution >= 4 is 17.6 Å². The van der Waals surface area contributed by atoms with Gasteiger partial charge in [0, 0.05) is 17.9 Å². The van der Waals surface area contributed by atoms with Gasteiger partial charge in [-0.15, -0.1) is 0 Å². The molecule has 0 radical (unpaired) electrons. The predicted molar refractivity (Wildman–Crippen MR) is 101 cm³/mol. The lowest BCUT2D eigenvalue weighted by Crippen LogP contribution is -3.00. The molecular weight excluding hydrogens is 461 g/mol. The number of hydrogen-bond acceptors (Lipinski definition) is 2. The number of nitrogens with zero attached hydrogens (tertiary/aromatic N) is 1. The summed E-state index contributed by atoms with van der Waals surface area (Å²) in [4.78, 5) is 13.0. The Labute approximate surface area is 177 Å². The molecule has 3 nitrogen and oxygen atoms in total. The number of piperidine rings is 1. The highest BCUT2D eigenvalue weighted by molar-refractivity contribution is 6.30. The Balaban J connectivity index is 0.00000243. The third-order valence-corrected chi connectivity index (χ3v) is 5.18. The Kier molecular flexibility index (Phi) is 7.50. The van der Waals surface area contributed by atoms with Crippen molar-refractivity contribution in [1.82, 2.24) is 0 Å². The van der Waals surface area contributed by atoms with Crippen molar-refractivity contribution < 1.29 is 38.0 Å². The standard InChI is InChI=1S/C21H25ClNO2.HI/c1-23(2)13-11-19(12-14-23)25-21(24)20(16-7-4-3-5-8-16)17-9-6-10-18(22)15-17;/h3-10,15,19-20H,11-14H2,1-2H3;1H/q+1;/p-1. The Morgan fingerprint density at radius 1 is 1.04 bits per heavy atom. The number of quaternary nitrogens is 1. The Morgan fingerprint density at radius 2 is 1.65 bits per heavy atom. The molecule has 26 heavy (non-hydrogen) atoms. The summed E-state index contributed by atoms with van der Waals surface area (Å²) in [6.07, 6.45) is 1.83. The number of carbonyl (C=O) groups excluding carboxylic acids is 1. The van der Waals surface area contributed by atoms with E-state index in [1.807, 2.05) is 54.6 Å². The van der Waals surface area contributed by atoms with Crippen LogP contribution in [-0.2, 0) is 9.53 Å². The van der Waals surface area contributed by atoms with Gasteiger partial charge in [-0.05, 0) is 23.3 Å². The fraction of sp³-hybridized carbons (Fsp3) is 0.381. The summed E-state index contributed by atoms with van der Waals surface area (Å²) >= 11 is 6.15. The number of rotatable bonds is 4. The summed E-state index contributed by atoms with van der Waals surface area (Å²) in [6, 6.07) is 17.3. The zero-order valence-electron chi connectivity index (χ0n) is 15.2. The van der Waals surface area contributed by atoms with Crippen LogP contribution in [0.2, 0.25) is 5.02 Å². The Morgan fingerprint density at radius 3 is 2.27 bits per heavy atom. The van der Waals surface area contributed by atoms with Crippen molar-refractivity contribution in [1.29, 1.82) is 0 Å². The van der Waals surface area contributed by atoms with Gasteiger partial charge in [0.2, 0.25) is 0 Å². The normalized spacial score (nSPS) is 17.8. The molecule has 1 fully saturated rings. The molecule has 0 saturated carbocycles. The molecule has 0 aliphatic carbocycles. The second-order valence-corrected chi connectivity index (χ2v) is 7.85. The van der Waals surface area contributed by atoms with Gasteiger partial charge in [0.25, 0.3) is 0 Å². The number of halogens is 2. The summed E-state index contributed by atoms with van der Waals surface area (Å²) in [6.45, 7) is 2.07. The maximum Gasteiger partial charge on any atom is 0.318 e. The molecule has 2 aromatic carbocycles. The highest BCUT2D eigenvalue weighted by Gasteiger charge is 2.32. The van der Waals surface area contributed by atoms with Crippen LogP contribution < -0.4 is 24.0 Å². The molecule has 1 atom stereocenters. The van der Waals surface area contributed by atoms with E-state index in [-0.39, 0.29) is 36.0 Å². The first-order chi connectivity index (χ1) is 11.9. The van der Waals surface area contributed by atoms with Crippen LogP contribution in [0.5, 0.6) is 0 Å². The maximum absolute atomic E-state index is 13.0. The first kappa shape index (κ1) is 21.2. The number of carbonyl (C=O) groups is 1. The topological polar surface area (TPSA) is 26.3 Å². The number of likely N-dealkylation sites (tertiary alicyclic amines) is 1. The molecule has 0 bridgehead atoms. The first-order valence-electron chi connectivity index (χ1n) is 8.77. The van der Waals surface area contributed by atoms with Crippen LogP contribution in [0, 0.1) is 0 Å². The molecule has 2 aromatic rings. The smallest absolute Gasteiger partial charge is 0.318 e. The van der Waals surface area contributed by atoms with Gasteiger partial charge < -0.3 is 33.2 Å². The van der Waals surface area contributed by atoms with Gasteiger partial charge >= 0.3 is 5.97 Å². The molecule has 1 heterocycles. The van der Waals surface area contributed by atoms with E-state index in [2.05, 4.69) is 14.1 Å². The highest BCUT2D eigenvalue weighted by atomic mass is 127. The highest BCUT2D eigenvalue weighted by Crippen LogP contribution is 2.29. The minimum absolute atomic E-state index is 0. The molecule has 0 spiro atoms. The zero-order valence-corrected chi connectivity index (χ0v) is 18.1. The third kappa shape index (κ3) is 5.44. The van der Waals surface area contributed by atoms with E-state index in [1.165, 1.54) is 0 Å². The molecular formula is C21H25ClINO2. The van der Waals surface area contributed by atoms with Gasteiger partial charge in [0.05, 0.1) is 27.2 Å². The van der Waals surface area contributed by atoms with E-state index in [4.69, 9.17) is 16.3 Å². The fourth-order valence-electron chi connectivity index (χ4n) is 3.39. The minimum Gasteiger partial charge on any atom is -1.00 e. The molecule has 1 aliphatic heterocycles.